The number of aliphatic hydroxyl groups excluding tert-OH is 2. The summed E-state index contributed by atoms with van der Waals surface area (Å²) in [7, 11) is 0. The number of nitrogens with two attached hydrogens (primary N) is 1. The van der Waals surface area contributed by atoms with Crippen molar-refractivity contribution in [2.45, 2.75) is 58.5 Å². The summed E-state index contributed by atoms with van der Waals surface area (Å²) in [5.74, 6) is -4.03. The minimum atomic E-state index is -1.44. The third-order valence-electron chi connectivity index (χ3n) is 10.3. The molecule has 0 bridgehead atoms. The molecule has 0 fully saturated rings. The third-order valence-corrected chi connectivity index (χ3v) is 10.3. The number of rotatable bonds is 18. The van der Waals surface area contributed by atoms with Gasteiger partial charge in [-0.3, -0.25) is 24.0 Å². The zero-order valence-corrected chi connectivity index (χ0v) is 36.2. The predicted molar refractivity (Wildman–Crippen MR) is 240 cm³/mol. The number of carbonyl (C=O) groups is 4. The highest BCUT2D eigenvalue weighted by molar-refractivity contribution is 5.91. The van der Waals surface area contributed by atoms with Gasteiger partial charge >= 0.3 is 17.9 Å². The van der Waals surface area contributed by atoms with E-state index in [1.54, 1.807) is 13.8 Å². The number of aliphatic hydroxyl groups is 2. The van der Waals surface area contributed by atoms with Crippen molar-refractivity contribution in [3.05, 3.63) is 165 Å². The molecule has 6 rings (SSSR count). The standard InChI is InChI=1S/C23H24N2O6.C21H27NO3.C4H3NO4/c1-23(14-26,22(29)30)13-18(24-21(28)19-12-20(27)25-31-19)11-15-7-9-17(10-8-15)16-5-3-2-4-6-16;1-3-25-20(24)21(2,15-23)14-19(22)13-16-9-11-18(12-10-16)17-7-5-4-6-8-17;6-3-1-2(4(7)8)9-5-3/h2-10,12,18,26H,11,13-14H2,1H3,(H,24,28)(H,25,27)(H,29,30);4-12,19,23H,3,13-15,22H2,1-2H3;1H,(H,5,6)(H,7,8)/t18-,23+;19-,21+;/m11./s1. The summed E-state index contributed by atoms with van der Waals surface area (Å²) in [4.78, 5) is 67.6. The number of ether oxygens (including phenoxy) is 1. The smallest absolute Gasteiger partial charge is 0.374 e. The third kappa shape index (κ3) is 15.2. The lowest BCUT2D eigenvalue weighted by Crippen LogP contribution is -2.44. The first-order chi connectivity index (χ1) is 31.0. The Hall–Kier alpha value is -7.34. The fraction of sp³-hybridized carbons (Fsp3) is 0.292. The molecule has 2 aromatic heterocycles. The van der Waals surface area contributed by atoms with Crippen molar-refractivity contribution >= 4 is 23.8 Å². The van der Waals surface area contributed by atoms with E-state index in [1.807, 2.05) is 83.1 Å². The monoisotopic (exact) mass is 894 g/mol. The summed E-state index contributed by atoms with van der Waals surface area (Å²) < 4.78 is 14.1. The van der Waals surface area contributed by atoms with Crippen LogP contribution in [0.2, 0.25) is 0 Å². The summed E-state index contributed by atoms with van der Waals surface area (Å²) in [6.07, 6.45) is 1.34. The van der Waals surface area contributed by atoms with Crippen LogP contribution in [0.25, 0.3) is 22.3 Å². The van der Waals surface area contributed by atoms with E-state index in [0.29, 0.717) is 25.9 Å². The lowest BCUT2D eigenvalue weighted by atomic mass is 9.82. The first-order valence-corrected chi connectivity index (χ1v) is 20.6. The second kappa shape index (κ2) is 23.9. The molecule has 0 radical (unpaired) electrons. The maximum atomic E-state index is 12.5. The van der Waals surface area contributed by atoms with Gasteiger partial charge in [0.2, 0.25) is 11.5 Å². The molecule has 4 aromatic carbocycles. The number of carboxylic acid groups (broad SMARTS) is 2. The lowest BCUT2D eigenvalue weighted by molar-refractivity contribution is -0.157. The Morgan fingerprint density at radius 3 is 1.49 bits per heavy atom. The molecule has 0 aliphatic carbocycles. The summed E-state index contributed by atoms with van der Waals surface area (Å²) in [5.41, 5.74) is 9.15. The number of aromatic nitrogens is 2. The van der Waals surface area contributed by atoms with Crippen LogP contribution in [0.15, 0.2) is 140 Å². The van der Waals surface area contributed by atoms with Gasteiger partial charge in [-0.15, -0.1) is 0 Å². The van der Waals surface area contributed by atoms with E-state index in [1.165, 1.54) is 12.5 Å². The summed E-state index contributed by atoms with van der Waals surface area (Å²) in [6.45, 7) is 4.31. The molecular formula is C48H54N4O13. The molecule has 9 N–H and O–H groups in total. The number of carbonyl (C=O) groups excluding carboxylic acids is 2. The van der Waals surface area contributed by atoms with Crippen molar-refractivity contribution in [3.8, 4) is 22.3 Å². The second-order valence-electron chi connectivity index (χ2n) is 15.8. The molecule has 0 saturated carbocycles. The van der Waals surface area contributed by atoms with E-state index in [9.17, 15) is 44.1 Å². The number of aromatic amines is 2. The topological polar surface area (TPSA) is 288 Å². The van der Waals surface area contributed by atoms with Crippen LogP contribution in [0.3, 0.4) is 0 Å². The average Bonchev–Trinajstić information content (AvgIpc) is 3.96. The Morgan fingerprint density at radius 1 is 0.662 bits per heavy atom. The SMILES string of the molecule is CCOC(=O)[C@](C)(CO)C[C@H](N)Cc1ccc(-c2ccccc2)cc1.C[C@@](CO)(C[C@@H](Cc1ccc(-c2ccccc2)cc1)NC(=O)c1cc(=O)[nH]o1)C(=O)O.O=C(O)c1cc(=O)[nH]o1. The number of aromatic carboxylic acids is 1. The summed E-state index contributed by atoms with van der Waals surface area (Å²) in [5, 5.41) is 43.5. The van der Waals surface area contributed by atoms with Crippen LogP contribution in [-0.4, -0.2) is 86.5 Å². The van der Waals surface area contributed by atoms with Gasteiger partial charge in [0.1, 0.15) is 0 Å². The molecule has 0 unspecified atom stereocenters. The highest BCUT2D eigenvalue weighted by atomic mass is 16.5. The molecule has 0 aliphatic heterocycles. The molecule has 344 valence electrons. The second-order valence-corrected chi connectivity index (χ2v) is 15.8. The van der Waals surface area contributed by atoms with E-state index in [2.05, 4.69) is 46.2 Å². The van der Waals surface area contributed by atoms with Crippen molar-refractivity contribution in [1.29, 1.82) is 0 Å². The van der Waals surface area contributed by atoms with Gasteiger partial charge in [0, 0.05) is 12.1 Å². The number of hydrogen-bond donors (Lipinski definition) is 8. The van der Waals surface area contributed by atoms with Crippen molar-refractivity contribution in [2.75, 3.05) is 19.8 Å². The molecule has 6 aromatic rings. The maximum absolute atomic E-state index is 12.5. The Labute approximate surface area is 373 Å². The van der Waals surface area contributed by atoms with E-state index >= 15 is 0 Å². The number of carboxylic acids is 2. The summed E-state index contributed by atoms with van der Waals surface area (Å²) >= 11 is 0. The van der Waals surface area contributed by atoms with Gasteiger partial charge in [-0.1, -0.05) is 109 Å². The van der Waals surface area contributed by atoms with Crippen LogP contribution in [0, 0.1) is 10.8 Å². The van der Waals surface area contributed by atoms with E-state index in [-0.39, 0.29) is 30.6 Å². The molecule has 0 aliphatic rings. The Bertz CT molecular complexity index is 2550. The van der Waals surface area contributed by atoms with Gasteiger partial charge in [-0.2, -0.15) is 10.3 Å². The number of hydrogen-bond acceptors (Lipinski definition) is 12. The molecule has 17 nitrogen and oxygen atoms in total. The van der Waals surface area contributed by atoms with Crippen LogP contribution in [0.4, 0.5) is 0 Å². The minimum absolute atomic E-state index is 0.0142. The zero-order valence-electron chi connectivity index (χ0n) is 36.2. The van der Waals surface area contributed by atoms with Crippen molar-refractivity contribution < 1.29 is 53.4 Å². The van der Waals surface area contributed by atoms with Gasteiger partial charge in [0.15, 0.2) is 0 Å². The molecule has 17 heteroatoms. The predicted octanol–water partition coefficient (Wildman–Crippen LogP) is 5.29. The van der Waals surface area contributed by atoms with Gasteiger partial charge < -0.3 is 45.3 Å². The van der Waals surface area contributed by atoms with Crippen molar-refractivity contribution in [2.24, 2.45) is 16.6 Å². The number of H-pyrrole nitrogens is 2. The van der Waals surface area contributed by atoms with Crippen LogP contribution >= 0.6 is 0 Å². The van der Waals surface area contributed by atoms with Gasteiger partial charge in [0.05, 0.1) is 42.8 Å². The number of amides is 1. The molecular weight excluding hydrogens is 841 g/mol. The Balaban J connectivity index is 0.000000242. The highest BCUT2D eigenvalue weighted by Gasteiger charge is 2.37. The molecule has 65 heavy (non-hydrogen) atoms. The average molecular weight is 895 g/mol. The van der Waals surface area contributed by atoms with E-state index in [0.717, 1.165) is 39.9 Å². The Morgan fingerprint density at radius 2 is 1.11 bits per heavy atom. The normalized spacial score (nSPS) is 13.5. The quantitative estimate of drug-likeness (QED) is 0.0509. The van der Waals surface area contributed by atoms with Gasteiger partial charge in [-0.05, 0) is 79.8 Å². The minimum Gasteiger partial charge on any atom is -0.481 e. The van der Waals surface area contributed by atoms with E-state index in [4.69, 9.17) is 20.1 Å². The molecule has 1 amide bonds. The zero-order chi connectivity index (χ0) is 47.6. The largest absolute Gasteiger partial charge is 0.481 e. The molecule has 4 atom stereocenters. The van der Waals surface area contributed by atoms with Crippen LogP contribution in [0.1, 0.15) is 65.8 Å². The molecule has 2 heterocycles. The highest BCUT2D eigenvalue weighted by Crippen LogP contribution is 2.28. The lowest BCUT2D eigenvalue weighted by Gasteiger charge is -2.28. The maximum Gasteiger partial charge on any atom is 0.374 e. The number of nitrogens with one attached hydrogen (secondary N) is 3. The fourth-order valence-corrected chi connectivity index (χ4v) is 6.66. The first kappa shape index (κ1) is 50.3. The number of esters is 1. The van der Waals surface area contributed by atoms with Gasteiger partial charge in [-0.25, -0.2) is 4.79 Å². The first-order valence-electron chi connectivity index (χ1n) is 20.6. The van der Waals surface area contributed by atoms with Crippen LogP contribution in [-0.2, 0) is 27.2 Å². The van der Waals surface area contributed by atoms with E-state index < -0.39 is 58.4 Å². The molecule has 0 saturated heterocycles. The van der Waals surface area contributed by atoms with Crippen molar-refractivity contribution in [1.82, 2.24) is 15.6 Å². The van der Waals surface area contributed by atoms with Gasteiger partial charge in [0.25, 0.3) is 17.0 Å². The molecule has 0 spiro atoms. The number of aliphatic carboxylic acids is 1. The van der Waals surface area contributed by atoms with Crippen LogP contribution < -0.4 is 22.2 Å². The number of benzene rings is 4. The van der Waals surface area contributed by atoms with Crippen molar-refractivity contribution in [3.63, 3.8) is 0 Å². The van der Waals surface area contributed by atoms with Crippen LogP contribution in [0.5, 0.6) is 0 Å². The fourth-order valence-electron chi connectivity index (χ4n) is 6.66. The Kier molecular flexibility index (Phi) is 18.5. The summed E-state index contributed by atoms with van der Waals surface area (Å²) in [6, 6.07) is 37.1.